The van der Waals surface area contributed by atoms with Gasteiger partial charge in [-0.25, -0.2) is 0 Å². The summed E-state index contributed by atoms with van der Waals surface area (Å²) in [6, 6.07) is 0.518. The van der Waals surface area contributed by atoms with Crippen LogP contribution in [0, 0.1) is 0 Å². The number of nitrogens with one attached hydrogen (secondary N) is 1. The summed E-state index contributed by atoms with van der Waals surface area (Å²) < 4.78 is 0. The molecule has 7 heteroatoms. The normalized spacial score (nSPS) is 12.7. The molecule has 1 amide bonds. The van der Waals surface area contributed by atoms with Crippen molar-refractivity contribution in [3.63, 3.8) is 0 Å². The molecular weight excluding hydrogens is 238 g/mol. The molecule has 0 saturated heterocycles. The number of nitrogen functional groups attached to an aromatic ring is 1. The average Bonchev–Trinajstić information content (AvgIpc) is 2.74. The van der Waals surface area contributed by atoms with Gasteiger partial charge in [0.15, 0.2) is 0 Å². The van der Waals surface area contributed by atoms with Crippen LogP contribution in [0.2, 0.25) is 0 Å². The van der Waals surface area contributed by atoms with Gasteiger partial charge < -0.3 is 16.0 Å². The van der Waals surface area contributed by atoms with Gasteiger partial charge in [-0.05, 0) is 20.4 Å². The highest BCUT2D eigenvalue weighted by Gasteiger charge is 2.12. The van der Waals surface area contributed by atoms with Crippen LogP contribution in [0.5, 0.6) is 0 Å². The monoisotopic (exact) mass is 257 g/mol. The van der Waals surface area contributed by atoms with Crippen molar-refractivity contribution in [2.75, 3.05) is 25.9 Å². The minimum absolute atomic E-state index is 0.211. The number of nitrogens with two attached hydrogens (primary N) is 1. The van der Waals surface area contributed by atoms with Crippen LogP contribution in [0.1, 0.15) is 30.1 Å². The zero-order valence-corrected chi connectivity index (χ0v) is 11.3. The molecule has 1 aromatic rings. The average molecular weight is 257 g/mol. The van der Waals surface area contributed by atoms with E-state index in [0.29, 0.717) is 22.7 Å². The lowest BCUT2D eigenvalue weighted by Crippen LogP contribution is -2.37. The van der Waals surface area contributed by atoms with Crippen LogP contribution in [0.4, 0.5) is 5.13 Å². The number of carbonyl (C=O) groups is 1. The summed E-state index contributed by atoms with van der Waals surface area (Å²) in [7, 11) is 2.04. The summed E-state index contributed by atoms with van der Waals surface area (Å²) in [5, 5.41) is 10.7. The van der Waals surface area contributed by atoms with Crippen LogP contribution in [-0.2, 0) is 0 Å². The van der Waals surface area contributed by atoms with Crippen molar-refractivity contribution in [3.05, 3.63) is 5.01 Å². The van der Waals surface area contributed by atoms with Crippen molar-refractivity contribution in [1.29, 1.82) is 0 Å². The van der Waals surface area contributed by atoms with Gasteiger partial charge in [0.25, 0.3) is 5.91 Å². The maximum Gasteiger partial charge on any atom is 0.282 e. The molecule has 0 saturated carbocycles. The zero-order valence-electron chi connectivity index (χ0n) is 10.4. The Morgan fingerprint density at radius 2 is 2.29 bits per heavy atom. The fraction of sp³-hybridized carbons (Fsp3) is 0.700. The minimum Gasteiger partial charge on any atom is -0.374 e. The summed E-state index contributed by atoms with van der Waals surface area (Å²) in [5.74, 6) is -0.211. The largest absolute Gasteiger partial charge is 0.374 e. The van der Waals surface area contributed by atoms with Crippen LogP contribution in [0.15, 0.2) is 0 Å². The van der Waals surface area contributed by atoms with E-state index in [0.717, 1.165) is 24.3 Å². The molecule has 0 aliphatic heterocycles. The second kappa shape index (κ2) is 6.51. The Hall–Kier alpha value is -1.21. The van der Waals surface area contributed by atoms with Gasteiger partial charge in [0.1, 0.15) is 0 Å². The second-order valence-corrected chi connectivity index (χ2v) is 4.95. The quantitative estimate of drug-likeness (QED) is 0.779. The van der Waals surface area contributed by atoms with E-state index in [9.17, 15) is 4.79 Å². The Kier molecular flexibility index (Phi) is 5.30. The van der Waals surface area contributed by atoms with Crippen molar-refractivity contribution in [2.24, 2.45) is 0 Å². The molecule has 0 fully saturated rings. The fourth-order valence-electron chi connectivity index (χ4n) is 1.28. The predicted octanol–water partition coefficient (Wildman–Crippen LogP) is 0.580. The van der Waals surface area contributed by atoms with E-state index >= 15 is 0 Å². The number of hydrogen-bond donors (Lipinski definition) is 2. The van der Waals surface area contributed by atoms with Crippen LogP contribution in [-0.4, -0.2) is 47.2 Å². The topological polar surface area (TPSA) is 84.1 Å². The molecule has 3 N–H and O–H groups in total. The van der Waals surface area contributed by atoms with Crippen LogP contribution in [0.3, 0.4) is 0 Å². The molecule has 0 aromatic carbocycles. The Morgan fingerprint density at radius 3 is 2.82 bits per heavy atom. The molecule has 0 aliphatic carbocycles. The first-order valence-electron chi connectivity index (χ1n) is 5.62. The van der Waals surface area contributed by atoms with E-state index in [-0.39, 0.29) is 5.91 Å². The van der Waals surface area contributed by atoms with E-state index in [1.165, 1.54) is 0 Å². The number of nitrogens with zero attached hydrogens (tertiary/aromatic N) is 3. The third-order valence-electron chi connectivity index (χ3n) is 2.73. The lowest BCUT2D eigenvalue weighted by Gasteiger charge is -2.23. The van der Waals surface area contributed by atoms with Crippen molar-refractivity contribution in [1.82, 2.24) is 20.4 Å². The number of amides is 1. The standard InChI is InChI=1S/C10H19N5OS/c1-4-7(2)15(3)6-5-12-8(16)9-13-14-10(11)17-9/h7H,4-6H2,1-3H3,(H2,11,14)(H,12,16). The summed E-state index contributed by atoms with van der Waals surface area (Å²) in [5.41, 5.74) is 5.41. The first-order valence-corrected chi connectivity index (χ1v) is 6.43. The molecule has 1 atom stereocenters. The minimum atomic E-state index is -0.211. The molecule has 1 heterocycles. The predicted molar refractivity (Wildman–Crippen MR) is 69.0 cm³/mol. The van der Waals surface area contributed by atoms with Crippen LogP contribution >= 0.6 is 11.3 Å². The smallest absolute Gasteiger partial charge is 0.282 e. The maximum absolute atomic E-state index is 11.6. The van der Waals surface area contributed by atoms with Gasteiger partial charge in [-0.15, -0.1) is 10.2 Å². The summed E-state index contributed by atoms with van der Waals surface area (Å²) in [6.45, 7) is 5.71. The number of hydrogen-bond acceptors (Lipinski definition) is 6. The Labute approximate surface area is 105 Å². The van der Waals surface area contributed by atoms with E-state index in [2.05, 4.69) is 34.3 Å². The third-order valence-corrected chi connectivity index (χ3v) is 3.48. The highest BCUT2D eigenvalue weighted by Crippen LogP contribution is 2.10. The fourth-order valence-corrected chi connectivity index (χ4v) is 1.81. The molecule has 6 nitrogen and oxygen atoms in total. The highest BCUT2D eigenvalue weighted by molar-refractivity contribution is 7.16. The SMILES string of the molecule is CCC(C)N(C)CCNC(=O)c1nnc(N)s1. The molecule has 0 bridgehead atoms. The highest BCUT2D eigenvalue weighted by atomic mass is 32.1. The number of likely N-dealkylation sites (N-methyl/N-ethyl adjacent to an activating group) is 1. The van der Waals surface area contributed by atoms with Crippen molar-refractivity contribution in [3.8, 4) is 0 Å². The second-order valence-electron chi connectivity index (χ2n) is 3.94. The Bertz CT molecular complexity index is 367. The van der Waals surface area contributed by atoms with Crippen LogP contribution in [0.25, 0.3) is 0 Å². The number of carbonyl (C=O) groups excluding carboxylic acids is 1. The molecule has 0 spiro atoms. The van der Waals surface area contributed by atoms with Crippen molar-refractivity contribution in [2.45, 2.75) is 26.3 Å². The van der Waals surface area contributed by atoms with E-state index in [1.807, 2.05) is 7.05 Å². The molecule has 0 aliphatic rings. The van der Waals surface area contributed by atoms with Gasteiger partial charge >= 0.3 is 0 Å². The first-order chi connectivity index (χ1) is 8.04. The molecular formula is C10H19N5OS. The number of aromatic nitrogens is 2. The molecule has 0 radical (unpaired) electrons. The van der Waals surface area contributed by atoms with Gasteiger partial charge in [0.05, 0.1) is 0 Å². The molecule has 17 heavy (non-hydrogen) atoms. The first kappa shape index (κ1) is 13.9. The molecule has 1 unspecified atom stereocenters. The maximum atomic E-state index is 11.6. The number of rotatable bonds is 6. The lowest BCUT2D eigenvalue weighted by atomic mass is 10.2. The van der Waals surface area contributed by atoms with Gasteiger partial charge in [-0.3, -0.25) is 4.79 Å². The Balaban J connectivity index is 2.30. The van der Waals surface area contributed by atoms with E-state index in [1.54, 1.807) is 0 Å². The Morgan fingerprint density at radius 1 is 1.59 bits per heavy atom. The van der Waals surface area contributed by atoms with Crippen LogP contribution < -0.4 is 11.1 Å². The van der Waals surface area contributed by atoms with E-state index in [4.69, 9.17) is 5.73 Å². The molecule has 1 aromatic heterocycles. The van der Waals surface area contributed by atoms with Gasteiger partial charge in [0.2, 0.25) is 10.1 Å². The summed E-state index contributed by atoms with van der Waals surface area (Å²) >= 11 is 1.10. The van der Waals surface area contributed by atoms with Gasteiger partial charge in [-0.1, -0.05) is 18.3 Å². The summed E-state index contributed by atoms with van der Waals surface area (Å²) in [6.07, 6.45) is 1.09. The third kappa shape index (κ3) is 4.27. The van der Waals surface area contributed by atoms with Crippen molar-refractivity contribution < 1.29 is 4.79 Å². The van der Waals surface area contributed by atoms with Gasteiger partial charge in [0, 0.05) is 19.1 Å². The van der Waals surface area contributed by atoms with Gasteiger partial charge in [-0.2, -0.15) is 0 Å². The molecule has 96 valence electrons. The lowest BCUT2D eigenvalue weighted by molar-refractivity contribution is 0.0946. The number of anilines is 1. The van der Waals surface area contributed by atoms with E-state index < -0.39 is 0 Å². The van der Waals surface area contributed by atoms with Crippen molar-refractivity contribution >= 4 is 22.4 Å². The summed E-state index contributed by atoms with van der Waals surface area (Å²) in [4.78, 5) is 13.8. The molecule has 1 rings (SSSR count). The zero-order chi connectivity index (χ0) is 12.8.